The fraction of sp³-hybridized carbons (Fsp3) is 0.300. The van der Waals surface area contributed by atoms with Crippen LogP contribution < -0.4 is 0 Å². The third-order valence-electron chi connectivity index (χ3n) is 4.79. The van der Waals surface area contributed by atoms with Gasteiger partial charge in [-0.3, -0.25) is 4.79 Å². The Balaban J connectivity index is 1.31. The maximum atomic E-state index is 12.7. The quantitative estimate of drug-likeness (QED) is 0.582. The van der Waals surface area contributed by atoms with Crippen LogP contribution in [0.4, 0.5) is 0 Å². The molecule has 1 amide bonds. The number of amides is 1. The van der Waals surface area contributed by atoms with E-state index in [0.717, 1.165) is 21.1 Å². The minimum absolute atomic E-state index is 0.00635. The van der Waals surface area contributed by atoms with E-state index in [0.29, 0.717) is 26.2 Å². The average Bonchev–Trinajstić information content (AvgIpc) is 3.40. The van der Waals surface area contributed by atoms with E-state index >= 15 is 0 Å². The minimum atomic E-state index is -3.38. The number of hydrogen-bond acceptors (Lipinski definition) is 6. The molecule has 0 bridgehead atoms. The van der Waals surface area contributed by atoms with Crippen molar-refractivity contribution in [3.63, 3.8) is 0 Å². The second-order valence-electron chi connectivity index (χ2n) is 6.82. The average molecular weight is 448 g/mol. The zero-order valence-corrected chi connectivity index (χ0v) is 18.2. The van der Waals surface area contributed by atoms with Gasteiger partial charge in [-0.2, -0.15) is 4.31 Å². The highest BCUT2D eigenvalue weighted by Gasteiger charge is 2.29. The Kier molecular flexibility index (Phi) is 6.09. The molecule has 4 rings (SSSR count). The van der Waals surface area contributed by atoms with Crippen LogP contribution in [0.15, 0.2) is 53.2 Å². The molecule has 0 saturated carbocycles. The molecule has 29 heavy (non-hydrogen) atoms. The first-order valence-corrected chi connectivity index (χ1v) is 12.7. The molecule has 6 nitrogen and oxygen atoms in total. The summed E-state index contributed by atoms with van der Waals surface area (Å²) in [5, 5.41) is 4.86. The normalized spacial score (nSPS) is 15.5. The van der Waals surface area contributed by atoms with Crippen molar-refractivity contribution in [2.45, 2.75) is 12.2 Å². The SMILES string of the molecule is O=C(Cc1csc(-c2cccs2)n1)N1CCN(S(=O)(=O)Cc2ccccc2)CC1. The van der Waals surface area contributed by atoms with Gasteiger partial charge >= 0.3 is 0 Å². The van der Waals surface area contributed by atoms with E-state index in [-0.39, 0.29) is 18.1 Å². The number of sulfonamides is 1. The zero-order valence-electron chi connectivity index (χ0n) is 15.7. The molecule has 3 heterocycles. The summed E-state index contributed by atoms with van der Waals surface area (Å²) in [6, 6.07) is 13.2. The van der Waals surface area contributed by atoms with Gasteiger partial charge in [0.15, 0.2) is 0 Å². The predicted molar refractivity (Wildman–Crippen MR) is 116 cm³/mol. The molecule has 1 aliphatic rings. The van der Waals surface area contributed by atoms with Crippen molar-refractivity contribution in [3.05, 3.63) is 64.5 Å². The van der Waals surface area contributed by atoms with Crippen LogP contribution in [0.25, 0.3) is 9.88 Å². The number of aromatic nitrogens is 1. The molecule has 1 saturated heterocycles. The molecule has 0 radical (unpaired) electrons. The summed E-state index contributed by atoms with van der Waals surface area (Å²) in [4.78, 5) is 20.0. The van der Waals surface area contributed by atoms with E-state index in [4.69, 9.17) is 0 Å². The van der Waals surface area contributed by atoms with Gasteiger partial charge in [0.1, 0.15) is 5.01 Å². The van der Waals surface area contributed by atoms with Crippen LogP contribution in [0.3, 0.4) is 0 Å². The minimum Gasteiger partial charge on any atom is -0.340 e. The standard InChI is InChI=1S/C20H21N3O3S3/c24-19(13-17-14-28-20(21-17)18-7-4-12-27-18)22-8-10-23(11-9-22)29(25,26)15-16-5-2-1-3-6-16/h1-7,12,14H,8-11,13,15H2. The van der Waals surface area contributed by atoms with E-state index < -0.39 is 10.0 Å². The fourth-order valence-electron chi connectivity index (χ4n) is 3.26. The van der Waals surface area contributed by atoms with Crippen LogP contribution in [0.5, 0.6) is 0 Å². The van der Waals surface area contributed by atoms with Crippen LogP contribution in [0.1, 0.15) is 11.3 Å². The number of benzene rings is 1. The molecule has 152 valence electrons. The summed E-state index contributed by atoms with van der Waals surface area (Å²) in [6.45, 7) is 1.49. The third kappa shape index (κ3) is 4.92. The van der Waals surface area contributed by atoms with Crippen LogP contribution in [-0.2, 0) is 27.0 Å². The van der Waals surface area contributed by atoms with E-state index in [9.17, 15) is 13.2 Å². The summed E-state index contributed by atoms with van der Waals surface area (Å²) in [5.74, 6) is -0.0142. The number of thiophene rings is 1. The Morgan fingerprint density at radius 1 is 1.00 bits per heavy atom. The van der Waals surface area contributed by atoms with Crippen LogP contribution >= 0.6 is 22.7 Å². The largest absolute Gasteiger partial charge is 0.340 e. The van der Waals surface area contributed by atoms with Gasteiger partial charge in [-0.25, -0.2) is 13.4 Å². The summed E-state index contributed by atoms with van der Waals surface area (Å²) >= 11 is 3.17. The lowest BCUT2D eigenvalue weighted by molar-refractivity contribution is -0.131. The van der Waals surface area contributed by atoms with Crippen molar-refractivity contribution in [1.82, 2.24) is 14.2 Å². The molecular weight excluding hydrogens is 426 g/mol. The number of carbonyl (C=O) groups is 1. The fourth-order valence-corrected chi connectivity index (χ4v) is 6.41. The van der Waals surface area contributed by atoms with Crippen LogP contribution in [0, 0.1) is 0 Å². The molecule has 9 heteroatoms. The predicted octanol–water partition coefficient (Wildman–Crippen LogP) is 3.09. The molecule has 0 N–H and O–H groups in total. The van der Waals surface area contributed by atoms with E-state index in [2.05, 4.69) is 4.98 Å². The summed E-state index contributed by atoms with van der Waals surface area (Å²) in [6.07, 6.45) is 0.249. The van der Waals surface area contributed by atoms with E-state index in [1.165, 1.54) is 4.31 Å². The van der Waals surface area contributed by atoms with Gasteiger partial charge < -0.3 is 4.90 Å². The smallest absolute Gasteiger partial charge is 0.228 e. The molecule has 0 aliphatic carbocycles. The first kappa shape index (κ1) is 20.2. The van der Waals surface area contributed by atoms with Gasteiger partial charge in [-0.15, -0.1) is 22.7 Å². The van der Waals surface area contributed by atoms with Crippen molar-refractivity contribution in [2.24, 2.45) is 0 Å². The molecule has 1 aliphatic heterocycles. The molecule has 1 fully saturated rings. The van der Waals surface area contributed by atoms with Crippen molar-refractivity contribution in [2.75, 3.05) is 26.2 Å². The van der Waals surface area contributed by atoms with Gasteiger partial charge in [0.2, 0.25) is 15.9 Å². The van der Waals surface area contributed by atoms with Gasteiger partial charge in [-0.05, 0) is 17.0 Å². The number of hydrogen-bond donors (Lipinski definition) is 0. The first-order valence-electron chi connectivity index (χ1n) is 9.29. The number of piperazine rings is 1. The van der Waals surface area contributed by atoms with Crippen LogP contribution in [-0.4, -0.2) is 54.7 Å². The van der Waals surface area contributed by atoms with Crippen molar-refractivity contribution < 1.29 is 13.2 Å². The van der Waals surface area contributed by atoms with Crippen LogP contribution in [0.2, 0.25) is 0 Å². The monoisotopic (exact) mass is 447 g/mol. The molecule has 0 spiro atoms. The molecule has 1 aromatic carbocycles. The molecule has 2 aromatic heterocycles. The second-order valence-corrected chi connectivity index (χ2v) is 10.6. The Morgan fingerprint density at radius 3 is 2.45 bits per heavy atom. The van der Waals surface area contributed by atoms with Crippen molar-refractivity contribution >= 4 is 38.6 Å². The summed E-state index contributed by atoms with van der Waals surface area (Å²) < 4.78 is 26.8. The maximum Gasteiger partial charge on any atom is 0.228 e. The van der Waals surface area contributed by atoms with E-state index in [1.54, 1.807) is 27.6 Å². The second kappa shape index (κ2) is 8.74. The first-order chi connectivity index (χ1) is 14.0. The third-order valence-corrected chi connectivity index (χ3v) is 8.57. The maximum absolute atomic E-state index is 12.7. The lowest BCUT2D eigenvalue weighted by Gasteiger charge is -2.34. The highest BCUT2D eigenvalue weighted by molar-refractivity contribution is 7.88. The number of carbonyl (C=O) groups excluding carboxylic acids is 1. The Bertz CT molecular complexity index is 1050. The number of nitrogens with zero attached hydrogens (tertiary/aromatic N) is 3. The van der Waals surface area contributed by atoms with Crippen molar-refractivity contribution in [1.29, 1.82) is 0 Å². The van der Waals surface area contributed by atoms with Crippen molar-refractivity contribution in [3.8, 4) is 9.88 Å². The number of thiazole rings is 1. The lowest BCUT2D eigenvalue weighted by atomic mass is 10.2. The summed E-state index contributed by atoms with van der Waals surface area (Å²) in [7, 11) is -3.38. The van der Waals surface area contributed by atoms with Gasteiger partial charge in [-0.1, -0.05) is 36.4 Å². The van der Waals surface area contributed by atoms with E-state index in [1.807, 2.05) is 53.2 Å². The Morgan fingerprint density at radius 2 is 1.76 bits per heavy atom. The van der Waals surface area contributed by atoms with Gasteiger partial charge in [0.25, 0.3) is 0 Å². The molecule has 3 aromatic rings. The highest BCUT2D eigenvalue weighted by atomic mass is 32.2. The Hall–Kier alpha value is -2.07. The molecule has 0 atom stereocenters. The van der Waals surface area contributed by atoms with Gasteiger partial charge in [0, 0.05) is 31.6 Å². The highest BCUT2D eigenvalue weighted by Crippen LogP contribution is 2.28. The molecule has 0 unspecified atom stereocenters. The number of rotatable bonds is 6. The lowest BCUT2D eigenvalue weighted by Crippen LogP contribution is -2.51. The summed E-state index contributed by atoms with van der Waals surface area (Å²) in [5.41, 5.74) is 1.54. The molecular formula is C20H21N3O3S3. The zero-order chi connectivity index (χ0) is 20.3. The topological polar surface area (TPSA) is 70.6 Å². The van der Waals surface area contributed by atoms with Gasteiger partial charge in [0.05, 0.1) is 22.7 Å². The Labute approximate surface area is 178 Å².